The Kier molecular flexibility index (Phi) is 2.93. The summed E-state index contributed by atoms with van der Waals surface area (Å²) in [6.07, 6.45) is 0. The number of rotatable bonds is 1. The number of carbonyl (C=O) groups excluding carboxylic acids is 1. The van der Waals surface area contributed by atoms with Crippen molar-refractivity contribution in [3.63, 3.8) is 0 Å². The molecule has 0 aromatic heterocycles. The molecule has 0 bridgehead atoms. The molecule has 12 heavy (non-hydrogen) atoms. The molecule has 1 rings (SSSR count). The quantitative estimate of drug-likeness (QED) is 0.618. The van der Waals surface area contributed by atoms with Gasteiger partial charge in [0.2, 0.25) is 0 Å². The summed E-state index contributed by atoms with van der Waals surface area (Å²) in [6.45, 7) is 5.64. The van der Waals surface area contributed by atoms with Crippen molar-refractivity contribution in [2.24, 2.45) is 0 Å². The fourth-order valence-corrected chi connectivity index (χ4v) is 1.76. The number of aryl methyl sites for hydroxylation is 2. The monoisotopic (exact) mass is 180 g/mol. The summed E-state index contributed by atoms with van der Waals surface area (Å²) < 4.78 is 0. The second-order valence-corrected chi connectivity index (χ2v) is 4.08. The van der Waals surface area contributed by atoms with Crippen LogP contribution in [0.3, 0.4) is 0 Å². The molecule has 0 saturated heterocycles. The minimum absolute atomic E-state index is 0.142. The summed E-state index contributed by atoms with van der Waals surface area (Å²) in [5.41, 5.74) is 2.37. The van der Waals surface area contributed by atoms with Crippen molar-refractivity contribution in [2.75, 3.05) is 0 Å². The number of carbonyl (C=O) groups is 1. The van der Waals surface area contributed by atoms with E-state index < -0.39 is 0 Å². The molecule has 0 saturated carbocycles. The number of benzene rings is 1. The Morgan fingerprint density at radius 1 is 1.33 bits per heavy atom. The number of hydrogen-bond acceptors (Lipinski definition) is 2. The molecule has 64 valence electrons. The Bertz CT molecular complexity index is 305. The van der Waals surface area contributed by atoms with Crippen LogP contribution in [0.1, 0.15) is 18.1 Å². The van der Waals surface area contributed by atoms with Crippen molar-refractivity contribution in [2.45, 2.75) is 25.7 Å². The molecule has 0 radical (unpaired) electrons. The molecule has 0 N–H and O–H groups in total. The van der Waals surface area contributed by atoms with E-state index in [2.05, 4.69) is 6.07 Å². The highest BCUT2D eigenvalue weighted by atomic mass is 32.2. The van der Waals surface area contributed by atoms with Crippen LogP contribution in [-0.4, -0.2) is 5.12 Å². The van der Waals surface area contributed by atoms with Crippen LogP contribution in [0.2, 0.25) is 0 Å². The van der Waals surface area contributed by atoms with E-state index in [1.54, 1.807) is 6.92 Å². The van der Waals surface area contributed by atoms with Gasteiger partial charge in [-0.3, -0.25) is 4.79 Å². The maximum Gasteiger partial charge on any atom is 0.190 e. The molecule has 0 atom stereocenters. The Morgan fingerprint density at radius 2 is 2.00 bits per heavy atom. The fraction of sp³-hybridized carbons (Fsp3) is 0.300. The van der Waals surface area contributed by atoms with E-state index in [0.29, 0.717) is 0 Å². The lowest BCUT2D eigenvalue weighted by molar-refractivity contribution is -0.109. The lowest BCUT2D eigenvalue weighted by Gasteiger charge is -2.03. The fourth-order valence-electron chi connectivity index (χ4n) is 0.972. The number of hydrogen-bond donors (Lipinski definition) is 0. The summed E-state index contributed by atoms with van der Waals surface area (Å²) in [5, 5.41) is 0.142. The van der Waals surface area contributed by atoms with Gasteiger partial charge >= 0.3 is 0 Å². The van der Waals surface area contributed by atoms with Gasteiger partial charge in [-0.15, -0.1) is 0 Å². The number of thioether (sulfide) groups is 1. The van der Waals surface area contributed by atoms with Crippen LogP contribution in [0.25, 0.3) is 0 Å². The second-order valence-electron chi connectivity index (χ2n) is 2.86. The molecular formula is C10H12OS. The van der Waals surface area contributed by atoms with Crippen molar-refractivity contribution >= 4 is 16.9 Å². The van der Waals surface area contributed by atoms with Crippen LogP contribution in [0.15, 0.2) is 23.1 Å². The molecule has 1 aromatic carbocycles. The molecule has 1 aromatic rings. The van der Waals surface area contributed by atoms with Crippen LogP contribution in [-0.2, 0) is 4.79 Å². The van der Waals surface area contributed by atoms with Crippen LogP contribution in [0, 0.1) is 13.8 Å². The minimum atomic E-state index is 0.142. The summed E-state index contributed by atoms with van der Waals surface area (Å²) >= 11 is 1.30. The van der Waals surface area contributed by atoms with Crippen molar-refractivity contribution in [3.05, 3.63) is 29.3 Å². The molecule has 0 aliphatic carbocycles. The lowest BCUT2D eigenvalue weighted by atomic mass is 10.2. The summed E-state index contributed by atoms with van der Waals surface area (Å²) in [6, 6.07) is 6.14. The highest BCUT2D eigenvalue weighted by molar-refractivity contribution is 8.13. The standard InChI is InChI=1S/C10H12OS/c1-7-4-5-8(2)10(6-7)12-9(3)11/h4-6H,1-3H3. The third kappa shape index (κ3) is 2.38. The Balaban J connectivity index is 2.97. The van der Waals surface area contributed by atoms with Gasteiger partial charge in [0, 0.05) is 11.8 Å². The zero-order valence-corrected chi connectivity index (χ0v) is 8.37. The molecule has 2 heteroatoms. The normalized spacial score (nSPS) is 9.92. The first-order valence-electron chi connectivity index (χ1n) is 3.85. The molecule has 0 aliphatic heterocycles. The van der Waals surface area contributed by atoms with Crippen molar-refractivity contribution < 1.29 is 4.79 Å². The molecular weight excluding hydrogens is 168 g/mol. The molecule has 0 aliphatic rings. The molecule has 0 unspecified atom stereocenters. The highest BCUT2D eigenvalue weighted by Gasteiger charge is 2.01. The topological polar surface area (TPSA) is 17.1 Å². The van der Waals surface area contributed by atoms with E-state index in [9.17, 15) is 4.79 Å². The molecule has 0 heterocycles. The van der Waals surface area contributed by atoms with E-state index in [-0.39, 0.29) is 5.12 Å². The Labute approximate surface area is 77.2 Å². The van der Waals surface area contributed by atoms with Crippen LogP contribution < -0.4 is 0 Å². The summed E-state index contributed by atoms with van der Waals surface area (Å²) in [5.74, 6) is 0. The lowest BCUT2D eigenvalue weighted by Crippen LogP contribution is -1.85. The van der Waals surface area contributed by atoms with Gasteiger partial charge in [0.15, 0.2) is 5.12 Å². The van der Waals surface area contributed by atoms with Gasteiger partial charge in [0.25, 0.3) is 0 Å². The van der Waals surface area contributed by atoms with Gasteiger partial charge in [-0.1, -0.05) is 23.9 Å². The molecule has 0 amide bonds. The maximum absolute atomic E-state index is 10.8. The average molecular weight is 180 g/mol. The molecule has 1 nitrogen and oxygen atoms in total. The SMILES string of the molecule is CC(=O)Sc1cc(C)ccc1C. The summed E-state index contributed by atoms with van der Waals surface area (Å²) in [7, 11) is 0. The van der Waals surface area contributed by atoms with E-state index in [1.165, 1.54) is 22.9 Å². The highest BCUT2D eigenvalue weighted by Crippen LogP contribution is 2.23. The zero-order chi connectivity index (χ0) is 9.14. The van der Waals surface area contributed by atoms with Crippen LogP contribution >= 0.6 is 11.8 Å². The second kappa shape index (κ2) is 3.76. The van der Waals surface area contributed by atoms with Gasteiger partial charge in [0.05, 0.1) is 0 Å². The first-order valence-corrected chi connectivity index (χ1v) is 4.67. The predicted octanol–water partition coefficient (Wildman–Crippen LogP) is 2.94. The van der Waals surface area contributed by atoms with E-state index >= 15 is 0 Å². The van der Waals surface area contributed by atoms with Crippen LogP contribution in [0.5, 0.6) is 0 Å². The Morgan fingerprint density at radius 3 is 2.58 bits per heavy atom. The maximum atomic E-state index is 10.8. The van der Waals surface area contributed by atoms with Crippen molar-refractivity contribution in [1.82, 2.24) is 0 Å². The van der Waals surface area contributed by atoms with E-state index in [4.69, 9.17) is 0 Å². The first kappa shape index (κ1) is 9.33. The van der Waals surface area contributed by atoms with Gasteiger partial charge in [-0.25, -0.2) is 0 Å². The average Bonchev–Trinajstić information content (AvgIpc) is 1.96. The third-order valence-corrected chi connectivity index (χ3v) is 2.54. The van der Waals surface area contributed by atoms with Crippen LogP contribution in [0.4, 0.5) is 0 Å². The van der Waals surface area contributed by atoms with Crippen molar-refractivity contribution in [1.29, 1.82) is 0 Å². The molecule has 0 spiro atoms. The molecule has 0 fully saturated rings. The Hall–Kier alpha value is -0.760. The van der Waals surface area contributed by atoms with E-state index in [0.717, 1.165) is 4.90 Å². The first-order chi connectivity index (χ1) is 5.59. The van der Waals surface area contributed by atoms with Gasteiger partial charge in [0.1, 0.15) is 0 Å². The smallest absolute Gasteiger partial charge is 0.190 e. The third-order valence-electron chi connectivity index (χ3n) is 1.60. The van der Waals surface area contributed by atoms with Gasteiger partial charge < -0.3 is 0 Å². The predicted molar refractivity (Wildman–Crippen MR) is 52.5 cm³/mol. The zero-order valence-electron chi connectivity index (χ0n) is 7.55. The van der Waals surface area contributed by atoms with Gasteiger partial charge in [-0.2, -0.15) is 0 Å². The van der Waals surface area contributed by atoms with Crippen molar-refractivity contribution in [3.8, 4) is 0 Å². The largest absolute Gasteiger partial charge is 0.287 e. The summed E-state index contributed by atoms with van der Waals surface area (Å²) in [4.78, 5) is 11.9. The van der Waals surface area contributed by atoms with E-state index in [1.807, 2.05) is 26.0 Å². The van der Waals surface area contributed by atoms with Gasteiger partial charge in [-0.05, 0) is 31.0 Å². The minimum Gasteiger partial charge on any atom is -0.287 e.